The maximum atomic E-state index is 13.7. The molecule has 2 heterocycles. The van der Waals surface area contributed by atoms with Crippen LogP contribution < -0.4 is 5.32 Å². The van der Waals surface area contributed by atoms with Crippen molar-refractivity contribution in [1.29, 1.82) is 0 Å². The Morgan fingerprint density at radius 3 is 2.62 bits per heavy atom. The van der Waals surface area contributed by atoms with Crippen LogP contribution in [0.4, 0.5) is 5.69 Å². The number of amidine groups is 1. The van der Waals surface area contributed by atoms with Crippen LogP contribution in [0.5, 0.6) is 0 Å². The second-order valence-corrected chi connectivity index (χ2v) is 13.2. The van der Waals surface area contributed by atoms with Crippen molar-refractivity contribution < 1.29 is 18.0 Å². The number of hydrogen-bond acceptors (Lipinski definition) is 5. The van der Waals surface area contributed by atoms with E-state index in [2.05, 4.69) is 42.6 Å². The van der Waals surface area contributed by atoms with Crippen molar-refractivity contribution in [2.45, 2.75) is 44.6 Å². The number of hydrogen-bond donors (Lipinski definition) is 1. The summed E-state index contributed by atoms with van der Waals surface area (Å²) in [5, 5.41) is 3.01. The first kappa shape index (κ1) is 22.1. The number of carbonyl (C=O) groups excluding carboxylic acids is 2. The molecule has 1 aromatic carbocycles. The lowest BCUT2D eigenvalue weighted by Gasteiger charge is -2.45. The van der Waals surface area contributed by atoms with E-state index in [9.17, 15) is 18.0 Å². The van der Waals surface area contributed by atoms with Crippen molar-refractivity contribution in [3.63, 3.8) is 0 Å². The van der Waals surface area contributed by atoms with E-state index in [-0.39, 0.29) is 51.6 Å². The topological polar surface area (TPSA) is 95.9 Å². The van der Waals surface area contributed by atoms with Crippen molar-refractivity contribution in [3.8, 4) is 0 Å². The van der Waals surface area contributed by atoms with Gasteiger partial charge in [-0.2, -0.15) is 8.42 Å². The molecule has 9 heteroatoms. The summed E-state index contributed by atoms with van der Waals surface area (Å²) in [6.07, 6.45) is 5.88. The number of rotatable bonds is 3. The fourth-order valence-corrected chi connectivity index (χ4v) is 7.35. The third kappa shape index (κ3) is 3.52. The number of anilines is 1. The normalized spacial score (nSPS) is 32.4. The second kappa shape index (κ2) is 7.38. The number of Topliss-reactive ketones (excluding diaryl/α,β-unsaturated/α-hetero) is 1. The summed E-state index contributed by atoms with van der Waals surface area (Å²) in [7, 11) is -4.01. The molecule has 2 fully saturated rings. The van der Waals surface area contributed by atoms with Crippen molar-refractivity contribution in [1.82, 2.24) is 4.90 Å². The molecule has 1 amide bonds. The predicted octanol–water partition coefficient (Wildman–Crippen LogP) is 3.46. The van der Waals surface area contributed by atoms with E-state index < -0.39 is 15.9 Å². The number of benzene rings is 1. The van der Waals surface area contributed by atoms with Gasteiger partial charge in [-0.3, -0.25) is 9.59 Å². The van der Waals surface area contributed by atoms with Gasteiger partial charge in [-0.05, 0) is 70.9 Å². The van der Waals surface area contributed by atoms with Gasteiger partial charge in [0.25, 0.3) is 10.0 Å². The fourth-order valence-electron chi connectivity index (χ4n) is 5.47. The summed E-state index contributed by atoms with van der Waals surface area (Å²) in [6, 6.07) is 4.83. The van der Waals surface area contributed by atoms with Gasteiger partial charge in [0, 0.05) is 22.1 Å². The molecule has 2 aliphatic carbocycles. The molecule has 5 unspecified atom stereocenters. The van der Waals surface area contributed by atoms with Gasteiger partial charge < -0.3 is 10.2 Å². The molecule has 170 valence electrons. The highest BCUT2D eigenvalue weighted by atomic mass is 127. The molecule has 7 nitrogen and oxygen atoms in total. The number of ketones is 1. The van der Waals surface area contributed by atoms with Crippen LogP contribution in [-0.4, -0.2) is 43.4 Å². The molecule has 0 aromatic heterocycles. The van der Waals surface area contributed by atoms with Crippen molar-refractivity contribution in [2.24, 2.45) is 33.5 Å². The minimum Gasteiger partial charge on any atom is -0.341 e. The molecule has 1 saturated carbocycles. The summed E-state index contributed by atoms with van der Waals surface area (Å²) >= 11 is 2.04. The molecule has 0 spiro atoms. The smallest absolute Gasteiger partial charge is 0.286 e. The predicted molar refractivity (Wildman–Crippen MR) is 130 cm³/mol. The SMILES string of the molecule is CC(C)(C)CCN1C(=O)C(C2=NS(=O)(=O)c3cc(I)ccc3N2)C(=O)C2C3C=CC(C3)C21. The lowest BCUT2D eigenvalue weighted by molar-refractivity contribution is -0.151. The molecule has 2 aliphatic heterocycles. The number of piperidine rings is 1. The quantitative estimate of drug-likeness (QED) is 0.343. The molecular weight excluding hydrogens is 541 g/mol. The Balaban J connectivity index is 1.55. The van der Waals surface area contributed by atoms with Gasteiger partial charge in [0.2, 0.25) is 5.91 Å². The zero-order valence-electron chi connectivity index (χ0n) is 18.2. The number of sulfonamides is 1. The summed E-state index contributed by atoms with van der Waals surface area (Å²) < 4.78 is 30.5. The number of halogens is 1. The molecule has 2 bridgehead atoms. The van der Waals surface area contributed by atoms with Crippen LogP contribution in [-0.2, 0) is 19.6 Å². The zero-order chi connectivity index (χ0) is 23.0. The standard InChI is InChI=1S/C23H26IN3O4S/c1-23(2,3)8-9-27-19-13-5-4-12(10-13)17(19)20(28)18(22(27)29)21-25-15-7-6-14(24)11-16(15)32(30,31)26-21/h4-7,11-13,17-19H,8-10H2,1-3H3,(H,25,26). The Bertz CT molecular complexity index is 1180. The Morgan fingerprint density at radius 2 is 1.91 bits per heavy atom. The highest BCUT2D eigenvalue weighted by Crippen LogP contribution is 2.50. The molecule has 1 aromatic rings. The highest BCUT2D eigenvalue weighted by molar-refractivity contribution is 14.1. The molecule has 4 aliphatic rings. The molecule has 0 radical (unpaired) electrons. The lowest BCUT2D eigenvalue weighted by atomic mass is 9.75. The zero-order valence-corrected chi connectivity index (χ0v) is 21.2. The molecule has 32 heavy (non-hydrogen) atoms. The molecule has 5 rings (SSSR count). The van der Waals surface area contributed by atoms with Gasteiger partial charge >= 0.3 is 0 Å². The summed E-state index contributed by atoms with van der Waals surface area (Å²) in [5.74, 6) is -1.86. The van der Waals surface area contributed by atoms with Gasteiger partial charge in [0.05, 0.1) is 5.69 Å². The fraction of sp³-hybridized carbons (Fsp3) is 0.522. The average molecular weight is 567 g/mol. The maximum Gasteiger partial charge on any atom is 0.286 e. The lowest BCUT2D eigenvalue weighted by Crippen LogP contribution is -2.61. The van der Waals surface area contributed by atoms with Crippen LogP contribution >= 0.6 is 22.6 Å². The third-order valence-corrected chi connectivity index (χ3v) is 9.00. The van der Waals surface area contributed by atoms with E-state index in [1.54, 1.807) is 12.1 Å². The maximum absolute atomic E-state index is 13.7. The van der Waals surface area contributed by atoms with Crippen LogP contribution in [0.25, 0.3) is 0 Å². The molecular formula is C23H26IN3O4S. The Hall–Kier alpha value is -1.75. The van der Waals surface area contributed by atoms with E-state index in [1.165, 1.54) is 6.07 Å². The van der Waals surface area contributed by atoms with E-state index in [1.807, 2.05) is 27.5 Å². The minimum absolute atomic E-state index is 0.0280. The van der Waals surface area contributed by atoms with Gasteiger partial charge in [-0.15, -0.1) is 4.40 Å². The van der Waals surface area contributed by atoms with E-state index in [4.69, 9.17) is 0 Å². The van der Waals surface area contributed by atoms with Gasteiger partial charge in [0.15, 0.2) is 11.7 Å². The Morgan fingerprint density at radius 1 is 1.19 bits per heavy atom. The summed E-state index contributed by atoms with van der Waals surface area (Å²) in [4.78, 5) is 29.3. The number of carbonyl (C=O) groups is 2. The first-order valence-corrected chi connectivity index (χ1v) is 13.4. The van der Waals surface area contributed by atoms with Gasteiger partial charge in [-0.25, -0.2) is 0 Å². The van der Waals surface area contributed by atoms with Crippen molar-refractivity contribution in [2.75, 3.05) is 11.9 Å². The second-order valence-electron chi connectivity index (χ2n) is 10.4. The minimum atomic E-state index is -4.01. The number of amides is 1. The van der Waals surface area contributed by atoms with Crippen LogP contribution in [0.2, 0.25) is 0 Å². The third-order valence-electron chi connectivity index (χ3n) is 7.00. The molecule has 5 atom stereocenters. The summed E-state index contributed by atoms with van der Waals surface area (Å²) in [5.41, 5.74) is 0.382. The van der Waals surface area contributed by atoms with Crippen LogP contribution in [0.15, 0.2) is 39.6 Å². The molecule has 1 saturated heterocycles. The first-order chi connectivity index (χ1) is 15.0. The van der Waals surface area contributed by atoms with E-state index in [0.717, 1.165) is 16.4 Å². The monoisotopic (exact) mass is 567 g/mol. The Kier molecular flexibility index (Phi) is 5.09. The first-order valence-electron chi connectivity index (χ1n) is 10.9. The largest absolute Gasteiger partial charge is 0.341 e. The van der Waals surface area contributed by atoms with Crippen LogP contribution in [0.1, 0.15) is 33.6 Å². The number of fused-ring (bicyclic) bond motifs is 6. The highest BCUT2D eigenvalue weighted by Gasteiger charge is 2.59. The number of nitrogens with zero attached hydrogens (tertiary/aromatic N) is 2. The van der Waals surface area contributed by atoms with Crippen LogP contribution in [0.3, 0.4) is 0 Å². The van der Waals surface area contributed by atoms with Crippen molar-refractivity contribution in [3.05, 3.63) is 33.9 Å². The average Bonchev–Trinajstić information content (AvgIpc) is 3.29. The van der Waals surface area contributed by atoms with Gasteiger partial charge in [0.1, 0.15) is 10.7 Å². The van der Waals surface area contributed by atoms with Gasteiger partial charge in [-0.1, -0.05) is 32.9 Å². The van der Waals surface area contributed by atoms with E-state index in [0.29, 0.717) is 12.2 Å². The number of likely N-dealkylation sites (tertiary alicyclic amines) is 1. The van der Waals surface area contributed by atoms with Crippen LogP contribution in [0, 0.1) is 32.7 Å². The molecule has 1 N–H and O–H groups in total. The van der Waals surface area contributed by atoms with E-state index >= 15 is 0 Å². The van der Waals surface area contributed by atoms with Crippen molar-refractivity contribution >= 4 is 55.8 Å². The Labute approximate surface area is 201 Å². The number of nitrogens with one attached hydrogen (secondary N) is 1. The number of allylic oxidation sites excluding steroid dienone is 1. The summed E-state index contributed by atoms with van der Waals surface area (Å²) in [6.45, 7) is 6.92.